The molecule has 1 aliphatic heterocycles. The number of hydrogen-bond acceptors (Lipinski definition) is 3. The van der Waals surface area contributed by atoms with Gasteiger partial charge in [0.2, 0.25) is 0 Å². The van der Waals surface area contributed by atoms with Crippen LogP contribution in [0.5, 0.6) is 5.75 Å². The molecular weight excluding hydrogens is 190 g/mol. The summed E-state index contributed by atoms with van der Waals surface area (Å²) in [7, 11) is 0. The number of hydrogen-bond donors (Lipinski definition) is 1. The van der Waals surface area contributed by atoms with Crippen molar-refractivity contribution in [1.29, 1.82) is 0 Å². The van der Waals surface area contributed by atoms with E-state index in [1.54, 1.807) is 0 Å². The second-order valence-electron chi connectivity index (χ2n) is 3.93. The number of nitrogens with two attached hydrogens (primary N) is 1. The first-order valence-corrected chi connectivity index (χ1v) is 5.36. The fraction of sp³-hybridized carbons (Fsp3) is 0.500. The highest BCUT2D eigenvalue weighted by molar-refractivity contribution is 5.35. The van der Waals surface area contributed by atoms with Crippen LogP contribution in [0.15, 0.2) is 24.3 Å². The fourth-order valence-electron chi connectivity index (χ4n) is 1.75. The summed E-state index contributed by atoms with van der Waals surface area (Å²) in [6.07, 6.45) is 1.15. The number of rotatable bonds is 3. The Morgan fingerprint density at radius 2 is 2.27 bits per heavy atom. The molecule has 1 saturated heterocycles. The van der Waals surface area contributed by atoms with Crippen molar-refractivity contribution >= 4 is 0 Å². The molecule has 0 saturated carbocycles. The second-order valence-corrected chi connectivity index (χ2v) is 3.93. The third-order valence-electron chi connectivity index (χ3n) is 2.59. The van der Waals surface area contributed by atoms with Crippen LogP contribution in [0.25, 0.3) is 0 Å². The number of benzene rings is 1. The third kappa shape index (κ3) is 2.49. The fourth-order valence-corrected chi connectivity index (χ4v) is 1.75. The van der Waals surface area contributed by atoms with E-state index in [4.69, 9.17) is 15.2 Å². The van der Waals surface area contributed by atoms with Gasteiger partial charge in [-0.25, -0.2) is 0 Å². The number of para-hydroxylation sites is 1. The van der Waals surface area contributed by atoms with Crippen LogP contribution in [0.4, 0.5) is 0 Å². The molecule has 1 aromatic carbocycles. The molecule has 1 unspecified atom stereocenters. The summed E-state index contributed by atoms with van der Waals surface area (Å²) in [6, 6.07) is 7.93. The minimum Gasteiger partial charge on any atom is -0.488 e. The van der Waals surface area contributed by atoms with Crippen LogP contribution >= 0.6 is 0 Å². The Labute approximate surface area is 90.2 Å². The molecule has 0 amide bonds. The predicted octanol–water partition coefficient (Wildman–Crippen LogP) is 1.87. The summed E-state index contributed by atoms with van der Waals surface area (Å²) in [6.45, 7) is 3.45. The monoisotopic (exact) mass is 207 g/mol. The summed E-state index contributed by atoms with van der Waals surface area (Å²) in [5.74, 6) is 0.892. The molecule has 1 aromatic rings. The first-order valence-electron chi connectivity index (χ1n) is 5.36. The first kappa shape index (κ1) is 10.5. The molecule has 0 aromatic heterocycles. The van der Waals surface area contributed by atoms with Crippen LogP contribution in [0.2, 0.25) is 0 Å². The number of ether oxygens (including phenoxy) is 2. The molecule has 0 bridgehead atoms. The molecule has 15 heavy (non-hydrogen) atoms. The molecule has 2 atom stereocenters. The molecule has 3 nitrogen and oxygen atoms in total. The van der Waals surface area contributed by atoms with Gasteiger partial charge in [-0.3, -0.25) is 0 Å². The van der Waals surface area contributed by atoms with E-state index < -0.39 is 0 Å². The molecule has 82 valence electrons. The van der Waals surface area contributed by atoms with E-state index in [0.29, 0.717) is 6.61 Å². The van der Waals surface area contributed by atoms with Crippen molar-refractivity contribution < 1.29 is 9.47 Å². The van der Waals surface area contributed by atoms with Crippen molar-refractivity contribution in [2.24, 2.45) is 5.73 Å². The minimum atomic E-state index is 0.00326. The zero-order valence-corrected chi connectivity index (χ0v) is 8.98. The molecule has 2 rings (SSSR count). The molecule has 2 N–H and O–H groups in total. The van der Waals surface area contributed by atoms with Gasteiger partial charge in [0.1, 0.15) is 11.9 Å². The Kier molecular flexibility index (Phi) is 3.23. The lowest BCUT2D eigenvalue weighted by molar-refractivity contribution is 0.140. The predicted molar refractivity (Wildman–Crippen MR) is 58.9 cm³/mol. The van der Waals surface area contributed by atoms with Crippen molar-refractivity contribution in [2.45, 2.75) is 25.5 Å². The van der Waals surface area contributed by atoms with Gasteiger partial charge in [-0.1, -0.05) is 18.2 Å². The van der Waals surface area contributed by atoms with Crippen LogP contribution in [0.1, 0.15) is 24.9 Å². The van der Waals surface area contributed by atoms with Crippen LogP contribution in [-0.2, 0) is 4.74 Å². The molecular formula is C12H17NO2. The summed E-state index contributed by atoms with van der Waals surface area (Å²) >= 11 is 0. The maximum absolute atomic E-state index is 5.88. The van der Waals surface area contributed by atoms with Gasteiger partial charge in [-0.05, 0) is 13.0 Å². The zero-order valence-electron chi connectivity index (χ0n) is 8.98. The van der Waals surface area contributed by atoms with Crippen LogP contribution < -0.4 is 10.5 Å². The highest BCUT2D eigenvalue weighted by Gasteiger charge is 2.18. The topological polar surface area (TPSA) is 44.5 Å². The van der Waals surface area contributed by atoms with E-state index in [1.165, 1.54) is 0 Å². The lowest BCUT2D eigenvalue weighted by atomic mass is 10.1. The van der Waals surface area contributed by atoms with E-state index in [0.717, 1.165) is 24.3 Å². The maximum atomic E-state index is 5.88. The van der Waals surface area contributed by atoms with E-state index in [-0.39, 0.29) is 12.1 Å². The van der Waals surface area contributed by atoms with Gasteiger partial charge in [-0.15, -0.1) is 0 Å². The van der Waals surface area contributed by atoms with Gasteiger partial charge in [0.15, 0.2) is 0 Å². The largest absolute Gasteiger partial charge is 0.488 e. The smallest absolute Gasteiger partial charge is 0.124 e. The van der Waals surface area contributed by atoms with Gasteiger partial charge in [-0.2, -0.15) is 0 Å². The molecule has 0 radical (unpaired) electrons. The Hall–Kier alpha value is -1.06. The van der Waals surface area contributed by atoms with Crippen LogP contribution in [0.3, 0.4) is 0 Å². The average molecular weight is 207 g/mol. The Balaban J connectivity index is 2.12. The summed E-state index contributed by atoms with van der Waals surface area (Å²) in [5.41, 5.74) is 6.94. The molecule has 0 aliphatic carbocycles. The summed E-state index contributed by atoms with van der Waals surface area (Å²) < 4.78 is 11.1. The zero-order chi connectivity index (χ0) is 10.7. The van der Waals surface area contributed by atoms with Crippen LogP contribution in [-0.4, -0.2) is 19.3 Å². The average Bonchev–Trinajstić information content (AvgIpc) is 2.71. The van der Waals surface area contributed by atoms with Gasteiger partial charge >= 0.3 is 0 Å². The highest BCUT2D eigenvalue weighted by Crippen LogP contribution is 2.25. The molecule has 3 heteroatoms. The van der Waals surface area contributed by atoms with Crippen LogP contribution in [0, 0.1) is 0 Å². The van der Waals surface area contributed by atoms with Gasteiger partial charge in [0, 0.05) is 18.0 Å². The minimum absolute atomic E-state index is 0.00326. The molecule has 1 fully saturated rings. The maximum Gasteiger partial charge on any atom is 0.124 e. The molecule has 1 aliphatic rings. The summed E-state index contributed by atoms with van der Waals surface area (Å²) in [4.78, 5) is 0. The van der Waals surface area contributed by atoms with Crippen molar-refractivity contribution in [1.82, 2.24) is 0 Å². The van der Waals surface area contributed by atoms with Gasteiger partial charge in [0.25, 0.3) is 0 Å². The Morgan fingerprint density at radius 3 is 2.93 bits per heavy atom. The summed E-state index contributed by atoms with van der Waals surface area (Å²) in [5, 5.41) is 0. The van der Waals surface area contributed by atoms with E-state index in [1.807, 2.05) is 31.2 Å². The lowest BCUT2D eigenvalue weighted by Gasteiger charge is -2.17. The normalized spacial score (nSPS) is 22.7. The van der Waals surface area contributed by atoms with E-state index in [9.17, 15) is 0 Å². The van der Waals surface area contributed by atoms with E-state index in [2.05, 4.69) is 0 Å². The second kappa shape index (κ2) is 4.64. The quantitative estimate of drug-likeness (QED) is 0.823. The SMILES string of the molecule is C[C@@H](N)c1ccccc1OC1CCOC1. The van der Waals surface area contributed by atoms with Gasteiger partial charge < -0.3 is 15.2 Å². The molecule has 1 heterocycles. The lowest BCUT2D eigenvalue weighted by Crippen LogP contribution is -2.18. The third-order valence-corrected chi connectivity index (χ3v) is 2.59. The van der Waals surface area contributed by atoms with Gasteiger partial charge in [0.05, 0.1) is 13.2 Å². The Morgan fingerprint density at radius 1 is 1.47 bits per heavy atom. The molecule has 0 spiro atoms. The van der Waals surface area contributed by atoms with Crippen molar-refractivity contribution in [3.8, 4) is 5.75 Å². The first-order chi connectivity index (χ1) is 7.27. The van der Waals surface area contributed by atoms with Crippen molar-refractivity contribution in [3.05, 3.63) is 29.8 Å². The van der Waals surface area contributed by atoms with Crippen molar-refractivity contribution in [3.63, 3.8) is 0 Å². The highest BCUT2D eigenvalue weighted by atomic mass is 16.5. The van der Waals surface area contributed by atoms with E-state index >= 15 is 0 Å². The van der Waals surface area contributed by atoms with Crippen molar-refractivity contribution in [2.75, 3.05) is 13.2 Å². The Bertz CT molecular complexity index is 319. The standard InChI is InChI=1S/C12H17NO2/c1-9(13)11-4-2-3-5-12(11)15-10-6-7-14-8-10/h2-5,9-10H,6-8,13H2,1H3/t9-,10?/m1/s1.